The van der Waals surface area contributed by atoms with Crippen molar-refractivity contribution in [2.24, 2.45) is 10.8 Å². The maximum absolute atomic E-state index is 7.88. The van der Waals surface area contributed by atoms with Crippen molar-refractivity contribution in [2.45, 2.75) is 6.54 Å². The largest absolute Gasteiger partial charge is 0.369 e. The maximum atomic E-state index is 7.88. The Balaban J connectivity index is 1.65. The quantitative estimate of drug-likeness (QED) is 0.297. The van der Waals surface area contributed by atoms with E-state index in [-0.39, 0.29) is 5.96 Å². The number of benzene rings is 3. The van der Waals surface area contributed by atoms with E-state index in [0.29, 0.717) is 6.54 Å². The average Bonchev–Trinajstić information content (AvgIpc) is 3.08. The smallest absolute Gasteiger partial charge is 0.209 e. The van der Waals surface area contributed by atoms with Crippen LogP contribution in [0, 0.1) is 5.41 Å². The summed E-state index contributed by atoms with van der Waals surface area (Å²) in [5.41, 5.74) is 8.86. The lowest BCUT2D eigenvalue weighted by Crippen LogP contribution is -2.31. The molecule has 0 amide bonds. The van der Waals surface area contributed by atoms with Gasteiger partial charge in [-0.15, -0.1) is 0 Å². The summed E-state index contributed by atoms with van der Waals surface area (Å²) in [5.74, 6) is -0.0889. The number of hydrogen-bond acceptors (Lipinski definition) is 2. The van der Waals surface area contributed by atoms with Gasteiger partial charge >= 0.3 is 0 Å². The van der Waals surface area contributed by atoms with E-state index >= 15 is 0 Å². The van der Waals surface area contributed by atoms with Gasteiger partial charge in [0.25, 0.3) is 0 Å². The number of hydrogen-bond donors (Lipinski definition) is 3. The average molecular weight is 341 g/mol. The molecule has 0 aliphatic heterocycles. The van der Waals surface area contributed by atoms with Crippen LogP contribution in [0.15, 0.2) is 78.0 Å². The van der Waals surface area contributed by atoms with Crippen LogP contribution in [0.2, 0.25) is 0 Å². The lowest BCUT2D eigenvalue weighted by molar-refractivity contribution is 0.435. The minimum atomic E-state index is -0.0889. The molecule has 1 heterocycles. The maximum Gasteiger partial charge on any atom is 0.209 e. The Hall–Kier alpha value is -3.60. The zero-order chi connectivity index (χ0) is 17.9. The molecule has 0 radical (unpaired) electrons. The van der Waals surface area contributed by atoms with E-state index in [1.54, 1.807) is 6.21 Å². The molecule has 0 fully saturated rings. The van der Waals surface area contributed by atoms with E-state index in [2.05, 4.69) is 28.3 Å². The highest BCUT2D eigenvalue weighted by atomic mass is 15.5. The van der Waals surface area contributed by atoms with E-state index < -0.39 is 0 Å². The number of aromatic amines is 1. The highest BCUT2D eigenvalue weighted by Gasteiger charge is 2.09. The number of nitrogens with zero attached hydrogens (tertiary/aromatic N) is 2. The number of aromatic nitrogens is 1. The van der Waals surface area contributed by atoms with Gasteiger partial charge in [0, 0.05) is 22.7 Å². The van der Waals surface area contributed by atoms with Crippen LogP contribution in [0.5, 0.6) is 0 Å². The van der Waals surface area contributed by atoms with Crippen LogP contribution in [0.3, 0.4) is 0 Å². The summed E-state index contributed by atoms with van der Waals surface area (Å²) in [5, 5.41) is 17.2. The molecule has 0 aliphatic rings. The van der Waals surface area contributed by atoms with Gasteiger partial charge in [0.15, 0.2) is 0 Å². The van der Waals surface area contributed by atoms with Crippen LogP contribution in [-0.4, -0.2) is 22.2 Å². The molecule has 3 aromatic carbocycles. The Labute approximate surface area is 151 Å². The number of para-hydroxylation sites is 1. The first kappa shape index (κ1) is 15.9. The topological polar surface area (TPSA) is 81.3 Å². The fourth-order valence-electron chi connectivity index (χ4n) is 3.11. The van der Waals surface area contributed by atoms with Crippen molar-refractivity contribution >= 4 is 33.8 Å². The van der Waals surface area contributed by atoms with Gasteiger partial charge in [0.1, 0.15) is 0 Å². The van der Waals surface area contributed by atoms with E-state index in [1.807, 2.05) is 54.7 Å². The second kappa shape index (κ2) is 6.72. The fourth-order valence-corrected chi connectivity index (χ4v) is 3.11. The van der Waals surface area contributed by atoms with Gasteiger partial charge in [-0.1, -0.05) is 60.7 Å². The molecule has 0 unspecified atom stereocenters. The standard InChI is InChI=1S/C21H19N5/c22-21(23)26(14-16-8-5-7-15-6-1-2-9-18(15)16)25-13-17-12-24-20-11-4-3-10-19(17)20/h1-13,24H,14H2,(H3,22,23)/b25-13+. The van der Waals surface area contributed by atoms with Gasteiger partial charge in [-0.05, 0) is 22.4 Å². The molecule has 4 rings (SSSR count). The van der Waals surface area contributed by atoms with Crippen LogP contribution in [0.25, 0.3) is 21.7 Å². The van der Waals surface area contributed by atoms with Crippen molar-refractivity contribution in [1.29, 1.82) is 5.41 Å². The summed E-state index contributed by atoms with van der Waals surface area (Å²) in [7, 11) is 0. The molecule has 0 spiro atoms. The third-order valence-corrected chi connectivity index (χ3v) is 4.44. The summed E-state index contributed by atoms with van der Waals surface area (Å²) in [6.45, 7) is 0.440. The Bertz CT molecular complexity index is 1100. The number of hydrazone groups is 1. The number of fused-ring (bicyclic) bond motifs is 2. The van der Waals surface area contributed by atoms with Gasteiger partial charge in [0.2, 0.25) is 5.96 Å². The third kappa shape index (κ3) is 3.02. The van der Waals surface area contributed by atoms with Crippen LogP contribution >= 0.6 is 0 Å². The fraction of sp³-hybridized carbons (Fsp3) is 0.0476. The van der Waals surface area contributed by atoms with Crippen molar-refractivity contribution in [1.82, 2.24) is 9.99 Å². The minimum absolute atomic E-state index is 0.0889. The first-order chi connectivity index (χ1) is 12.7. The Morgan fingerprint density at radius 2 is 1.73 bits per heavy atom. The summed E-state index contributed by atoms with van der Waals surface area (Å²) in [4.78, 5) is 3.22. The lowest BCUT2D eigenvalue weighted by Gasteiger charge is -2.17. The zero-order valence-electron chi connectivity index (χ0n) is 14.2. The Morgan fingerprint density at radius 1 is 1.00 bits per heavy atom. The second-order valence-corrected chi connectivity index (χ2v) is 6.12. The van der Waals surface area contributed by atoms with Gasteiger partial charge < -0.3 is 10.7 Å². The van der Waals surface area contributed by atoms with Gasteiger partial charge in [0.05, 0.1) is 12.8 Å². The molecule has 0 saturated heterocycles. The van der Waals surface area contributed by atoms with Gasteiger partial charge in [-0.2, -0.15) is 5.10 Å². The van der Waals surface area contributed by atoms with Crippen molar-refractivity contribution in [3.63, 3.8) is 0 Å². The summed E-state index contributed by atoms with van der Waals surface area (Å²) < 4.78 is 0. The van der Waals surface area contributed by atoms with E-state index in [9.17, 15) is 0 Å². The second-order valence-electron chi connectivity index (χ2n) is 6.12. The number of guanidine groups is 1. The summed E-state index contributed by atoms with van der Waals surface area (Å²) >= 11 is 0. The Kier molecular flexibility index (Phi) is 4.11. The minimum Gasteiger partial charge on any atom is -0.369 e. The molecule has 0 aliphatic carbocycles. The molecule has 4 aromatic rings. The molecule has 4 N–H and O–H groups in total. The molecule has 26 heavy (non-hydrogen) atoms. The number of rotatable bonds is 4. The monoisotopic (exact) mass is 341 g/mol. The summed E-state index contributed by atoms with van der Waals surface area (Å²) in [6, 6.07) is 22.3. The predicted octanol–water partition coefficient (Wildman–Crippen LogP) is 4.05. The molecule has 0 saturated carbocycles. The normalized spacial score (nSPS) is 11.4. The number of nitrogens with two attached hydrogens (primary N) is 1. The first-order valence-electron chi connectivity index (χ1n) is 8.41. The van der Waals surface area contributed by atoms with Crippen molar-refractivity contribution in [3.8, 4) is 0 Å². The molecule has 5 nitrogen and oxygen atoms in total. The van der Waals surface area contributed by atoms with E-state index in [4.69, 9.17) is 11.1 Å². The lowest BCUT2D eigenvalue weighted by atomic mass is 10.0. The molecule has 128 valence electrons. The van der Waals surface area contributed by atoms with Crippen LogP contribution in [0.1, 0.15) is 11.1 Å². The third-order valence-electron chi connectivity index (χ3n) is 4.44. The van der Waals surface area contributed by atoms with E-state index in [1.165, 1.54) is 5.01 Å². The van der Waals surface area contributed by atoms with Gasteiger partial charge in [-0.25, -0.2) is 5.01 Å². The molecule has 5 heteroatoms. The molecular weight excluding hydrogens is 322 g/mol. The SMILES string of the molecule is N=C(N)N(Cc1cccc2ccccc12)/N=C/c1c[nH]c2ccccc12. The van der Waals surface area contributed by atoms with E-state index in [0.717, 1.165) is 32.8 Å². The zero-order valence-corrected chi connectivity index (χ0v) is 14.2. The number of nitrogens with one attached hydrogen (secondary N) is 2. The highest BCUT2D eigenvalue weighted by molar-refractivity contribution is 5.99. The number of H-pyrrole nitrogens is 1. The summed E-state index contributed by atoms with van der Waals surface area (Å²) in [6.07, 6.45) is 3.65. The van der Waals surface area contributed by atoms with Gasteiger partial charge in [-0.3, -0.25) is 5.41 Å². The predicted molar refractivity (Wildman–Crippen MR) is 107 cm³/mol. The van der Waals surface area contributed by atoms with Crippen molar-refractivity contribution in [3.05, 3.63) is 84.1 Å². The molecule has 1 aromatic heterocycles. The Morgan fingerprint density at radius 3 is 2.58 bits per heavy atom. The van der Waals surface area contributed by atoms with Crippen molar-refractivity contribution < 1.29 is 0 Å². The molecular formula is C21H19N5. The van der Waals surface area contributed by atoms with Crippen LogP contribution in [-0.2, 0) is 6.54 Å². The van der Waals surface area contributed by atoms with Crippen LogP contribution < -0.4 is 5.73 Å². The molecule has 0 bridgehead atoms. The first-order valence-corrected chi connectivity index (χ1v) is 8.41. The molecule has 0 atom stereocenters. The van der Waals surface area contributed by atoms with Crippen molar-refractivity contribution in [2.75, 3.05) is 0 Å². The highest BCUT2D eigenvalue weighted by Crippen LogP contribution is 2.20. The van der Waals surface area contributed by atoms with Crippen LogP contribution in [0.4, 0.5) is 0 Å².